The van der Waals surface area contributed by atoms with Crippen LogP contribution in [0.15, 0.2) is 9.66 Å². The first kappa shape index (κ1) is 19.2. The first-order valence-electron chi connectivity index (χ1n) is 4.34. The minimum absolute atomic E-state index is 0.714. The lowest BCUT2D eigenvalue weighted by molar-refractivity contribution is -0.335. The predicted octanol–water partition coefficient (Wildman–Crippen LogP) is 4.42. The molecule has 0 aromatic carbocycles. The van der Waals surface area contributed by atoms with Gasteiger partial charge in [0, 0.05) is 9.66 Å². The zero-order chi connectivity index (χ0) is 15.9. The molecule has 1 unspecified atom stereocenters. The fraction of sp³-hybridized carbons (Fsp3) is 0.750. The molecule has 0 heterocycles. The maximum absolute atomic E-state index is 13.0. The van der Waals surface area contributed by atoms with Crippen molar-refractivity contribution in [3.8, 4) is 0 Å². The Bertz CT molecular complexity index is 362. The van der Waals surface area contributed by atoms with Gasteiger partial charge < -0.3 is 5.11 Å². The van der Waals surface area contributed by atoms with E-state index in [2.05, 4.69) is 11.6 Å². The van der Waals surface area contributed by atoms with Crippen LogP contribution in [-0.4, -0.2) is 34.4 Å². The molecule has 0 aromatic rings. The van der Waals surface area contributed by atoms with Gasteiger partial charge in [-0.2, -0.15) is 35.1 Å². The molecule has 1 atom stereocenters. The third kappa shape index (κ3) is 3.63. The molecule has 0 aliphatic carbocycles. The highest BCUT2D eigenvalue weighted by atomic mass is 127. The monoisotopic (exact) mass is 432 g/mol. The summed E-state index contributed by atoms with van der Waals surface area (Å²) in [5.74, 6) is -18.6. The molecule has 0 aliphatic heterocycles. The summed E-state index contributed by atoms with van der Waals surface area (Å²) in [5, 5.41) is 2.93. The highest BCUT2D eigenvalue weighted by Crippen LogP contribution is 2.54. The Balaban J connectivity index is 5.71. The summed E-state index contributed by atoms with van der Waals surface area (Å²) in [5.41, 5.74) is 0. The van der Waals surface area contributed by atoms with E-state index in [1.807, 2.05) is 0 Å². The first-order chi connectivity index (χ1) is 8.08. The molecule has 0 bridgehead atoms. The summed E-state index contributed by atoms with van der Waals surface area (Å²) in [6, 6.07) is 0. The molecule has 19 heavy (non-hydrogen) atoms. The molecule has 0 fully saturated rings. The van der Waals surface area contributed by atoms with Gasteiger partial charge in [0.05, 0.1) is 6.10 Å². The smallest absolute Gasteiger partial charge is 0.388 e. The molecule has 0 aliphatic rings. The van der Waals surface area contributed by atoms with E-state index in [0.29, 0.717) is 0 Å². The van der Waals surface area contributed by atoms with Gasteiger partial charge in [-0.05, 0) is 41.1 Å². The fourth-order valence-electron chi connectivity index (χ4n) is 0.772. The number of hydrogen-bond acceptors (Lipinski definition) is 1. The van der Waals surface area contributed by atoms with Gasteiger partial charge in [0.25, 0.3) is 0 Å². The van der Waals surface area contributed by atoms with E-state index in [4.69, 9.17) is 5.11 Å². The second-order valence-corrected chi connectivity index (χ2v) is 5.20. The molecule has 0 saturated carbocycles. The van der Waals surface area contributed by atoms with E-state index in [9.17, 15) is 35.1 Å². The van der Waals surface area contributed by atoms with E-state index >= 15 is 0 Å². The summed E-state index contributed by atoms with van der Waals surface area (Å²) in [6.45, 7) is 0.890. The molecule has 0 aromatic heterocycles. The maximum Gasteiger partial charge on any atom is 0.393 e. The molecule has 0 radical (unpaired) electrons. The van der Waals surface area contributed by atoms with E-state index in [-0.39, 0.29) is 0 Å². The van der Waals surface area contributed by atoms with Crippen LogP contribution >= 0.6 is 34.2 Å². The van der Waals surface area contributed by atoms with Gasteiger partial charge in [-0.15, -0.1) is 0 Å². The Morgan fingerprint density at radius 1 is 1.05 bits per heavy atom. The molecular formula is C8H6ClF8IO. The lowest BCUT2D eigenvalue weighted by Crippen LogP contribution is -2.60. The maximum atomic E-state index is 13.0. The van der Waals surface area contributed by atoms with Crippen molar-refractivity contribution in [2.75, 3.05) is 0 Å². The van der Waals surface area contributed by atoms with Crippen LogP contribution in [0.5, 0.6) is 0 Å². The van der Waals surface area contributed by atoms with Crippen molar-refractivity contribution in [1.82, 2.24) is 0 Å². The van der Waals surface area contributed by atoms with Gasteiger partial charge in [0.1, 0.15) is 0 Å². The standard InChI is InChI=1S/C8H6ClF8IO/c1-3(19)4(18)2-5(10,11)6(12,13)7(14,15)8(9,16)17/h2-3,19H,1H3/b4-2-. The van der Waals surface area contributed by atoms with Crippen LogP contribution in [0.3, 0.4) is 0 Å². The van der Waals surface area contributed by atoms with Crippen LogP contribution in [-0.2, 0) is 0 Å². The zero-order valence-electron chi connectivity index (χ0n) is 8.88. The van der Waals surface area contributed by atoms with Gasteiger partial charge in [0.15, 0.2) is 0 Å². The van der Waals surface area contributed by atoms with Crippen molar-refractivity contribution in [1.29, 1.82) is 0 Å². The van der Waals surface area contributed by atoms with Crippen LogP contribution in [0.4, 0.5) is 35.1 Å². The minimum atomic E-state index is -6.49. The highest BCUT2D eigenvalue weighted by Gasteiger charge is 2.79. The quantitative estimate of drug-likeness (QED) is 0.387. The van der Waals surface area contributed by atoms with Crippen LogP contribution in [0.25, 0.3) is 0 Å². The molecule has 1 N–H and O–H groups in total. The molecule has 0 amide bonds. The van der Waals surface area contributed by atoms with Gasteiger partial charge in [-0.25, -0.2) is 0 Å². The van der Waals surface area contributed by atoms with Crippen molar-refractivity contribution in [3.63, 3.8) is 0 Å². The van der Waals surface area contributed by atoms with E-state index in [1.54, 1.807) is 0 Å². The summed E-state index contributed by atoms with van der Waals surface area (Å²) >= 11 is 4.72. The molecule has 11 heteroatoms. The second kappa shape index (κ2) is 5.51. The number of aliphatic hydroxyl groups is 1. The van der Waals surface area contributed by atoms with Gasteiger partial charge in [-0.1, -0.05) is 0 Å². The fourth-order valence-corrected chi connectivity index (χ4v) is 1.28. The van der Waals surface area contributed by atoms with Crippen LogP contribution in [0.1, 0.15) is 6.92 Å². The van der Waals surface area contributed by atoms with Crippen molar-refractivity contribution >= 4 is 34.2 Å². The Hall–Kier alpha value is 0.160. The van der Waals surface area contributed by atoms with Crippen LogP contribution < -0.4 is 0 Å². The number of alkyl halides is 9. The Morgan fingerprint density at radius 3 is 1.68 bits per heavy atom. The molecule has 0 spiro atoms. The normalized spacial score (nSPS) is 17.6. The topological polar surface area (TPSA) is 20.2 Å². The summed E-state index contributed by atoms with van der Waals surface area (Å²) in [4.78, 5) is 0. The number of rotatable bonds is 5. The third-order valence-electron chi connectivity index (χ3n) is 1.89. The summed E-state index contributed by atoms with van der Waals surface area (Å²) in [7, 11) is 0. The Labute approximate surface area is 120 Å². The van der Waals surface area contributed by atoms with Gasteiger partial charge >= 0.3 is 23.1 Å². The van der Waals surface area contributed by atoms with E-state index < -0.39 is 38.9 Å². The number of allylic oxidation sites excluding steroid dienone is 1. The average Bonchev–Trinajstić information content (AvgIpc) is 2.14. The van der Waals surface area contributed by atoms with Gasteiger partial charge in [-0.3, -0.25) is 0 Å². The number of hydrogen-bond donors (Lipinski definition) is 1. The molecule has 0 rings (SSSR count). The number of aliphatic hydroxyl groups excluding tert-OH is 1. The largest absolute Gasteiger partial charge is 0.393 e. The first-order valence-corrected chi connectivity index (χ1v) is 5.80. The molecule has 0 saturated heterocycles. The Kier molecular flexibility index (Phi) is 5.55. The van der Waals surface area contributed by atoms with E-state index in [1.165, 1.54) is 0 Å². The Morgan fingerprint density at radius 2 is 1.42 bits per heavy atom. The van der Waals surface area contributed by atoms with Crippen molar-refractivity contribution in [2.45, 2.75) is 36.2 Å². The minimum Gasteiger partial charge on any atom is -0.388 e. The van der Waals surface area contributed by atoms with Crippen LogP contribution in [0.2, 0.25) is 0 Å². The van der Waals surface area contributed by atoms with Crippen molar-refractivity contribution in [3.05, 3.63) is 9.66 Å². The van der Waals surface area contributed by atoms with Crippen molar-refractivity contribution < 1.29 is 40.2 Å². The third-order valence-corrected chi connectivity index (χ3v) is 3.34. The lowest BCUT2D eigenvalue weighted by atomic mass is 10.0. The molecule has 1 nitrogen and oxygen atoms in total. The summed E-state index contributed by atoms with van der Waals surface area (Å²) < 4.78 is 101. The zero-order valence-corrected chi connectivity index (χ0v) is 11.8. The lowest BCUT2D eigenvalue weighted by Gasteiger charge is -2.33. The average molecular weight is 432 g/mol. The summed E-state index contributed by atoms with van der Waals surface area (Å²) in [6.07, 6.45) is -2.37. The second-order valence-electron chi connectivity index (χ2n) is 3.47. The van der Waals surface area contributed by atoms with Crippen molar-refractivity contribution in [2.24, 2.45) is 0 Å². The van der Waals surface area contributed by atoms with Gasteiger partial charge in [0.2, 0.25) is 0 Å². The molecular weight excluding hydrogens is 426 g/mol. The molecule has 114 valence electrons. The highest BCUT2D eigenvalue weighted by molar-refractivity contribution is 14.1. The SMILES string of the molecule is CC(O)/C(I)=C/C(F)(F)C(F)(F)C(F)(F)C(F)(F)Cl. The van der Waals surface area contributed by atoms with E-state index in [0.717, 1.165) is 29.5 Å². The van der Waals surface area contributed by atoms with Crippen LogP contribution in [0, 0.1) is 0 Å². The number of halogens is 10. The predicted molar refractivity (Wildman–Crippen MR) is 59.4 cm³/mol.